The minimum Gasteiger partial charge on any atom is -0.299 e. The molecule has 1 atom stereocenters. The van der Waals surface area contributed by atoms with Crippen LogP contribution in [0.1, 0.15) is 18.4 Å². The highest BCUT2D eigenvalue weighted by atomic mass is 32.2. The third-order valence-electron chi connectivity index (χ3n) is 3.31. The Kier molecular flexibility index (Phi) is 5.85. The van der Waals surface area contributed by atoms with Crippen molar-refractivity contribution in [3.8, 4) is 0 Å². The second-order valence-electron chi connectivity index (χ2n) is 4.68. The first-order valence-corrected chi connectivity index (χ1v) is 7.60. The molecule has 1 N–H and O–H groups in total. The Labute approximate surface area is 120 Å². The third kappa shape index (κ3) is 4.79. The van der Waals surface area contributed by atoms with Crippen molar-refractivity contribution in [2.24, 2.45) is 0 Å². The van der Waals surface area contributed by atoms with Crippen LogP contribution in [0.3, 0.4) is 0 Å². The fourth-order valence-corrected chi connectivity index (χ4v) is 2.52. The number of hydrogen-bond acceptors (Lipinski definition) is 3. The second kappa shape index (κ2) is 7.64. The average molecular weight is 299 g/mol. The van der Waals surface area contributed by atoms with E-state index in [1.54, 1.807) is 12.1 Å². The van der Waals surface area contributed by atoms with Gasteiger partial charge in [-0.2, -0.15) is 4.21 Å². The van der Waals surface area contributed by atoms with E-state index >= 15 is 0 Å². The zero-order chi connectivity index (χ0) is 14.4. The maximum Gasteiger partial charge on any atom is 0.301 e. The van der Waals surface area contributed by atoms with Gasteiger partial charge in [0.25, 0.3) is 0 Å². The number of nitrogens with zero attached hydrogens (tertiary/aromatic N) is 1. The Morgan fingerprint density at radius 1 is 1.35 bits per heavy atom. The quantitative estimate of drug-likeness (QED) is 0.647. The van der Waals surface area contributed by atoms with Gasteiger partial charge < -0.3 is 0 Å². The Balaban J connectivity index is 1.78. The predicted molar refractivity (Wildman–Crippen MR) is 76.8 cm³/mol. The van der Waals surface area contributed by atoms with Gasteiger partial charge in [-0.3, -0.25) is 13.6 Å². The van der Waals surface area contributed by atoms with Crippen molar-refractivity contribution in [3.63, 3.8) is 0 Å². The number of halogens is 1. The van der Waals surface area contributed by atoms with Gasteiger partial charge in [0.15, 0.2) is 0 Å². The van der Waals surface area contributed by atoms with Crippen molar-refractivity contribution in [2.45, 2.75) is 12.8 Å². The molecule has 1 unspecified atom stereocenters. The minimum absolute atomic E-state index is 0.215. The normalized spacial score (nSPS) is 17.8. The Bertz CT molecular complexity index is 490. The molecule has 0 amide bonds. The van der Waals surface area contributed by atoms with Crippen LogP contribution in [-0.2, 0) is 15.5 Å². The van der Waals surface area contributed by atoms with E-state index in [4.69, 9.17) is 4.55 Å². The zero-order valence-electron chi connectivity index (χ0n) is 11.1. The molecule has 0 bridgehead atoms. The highest BCUT2D eigenvalue weighted by molar-refractivity contribution is 7.74. The van der Waals surface area contributed by atoms with Crippen molar-refractivity contribution in [3.05, 3.63) is 41.7 Å². The van der Waals surface area contributed by atoms with Crippen molar-refractivity contribution < 1.29 is 17.3 Å². The molecule has 6 heteroatoms. The SMILES string of the molecule is O=S(O)OCCCN1CC=C(c2ccc(F)cc2)CC1. The van der Waals surface area contributed by atoms with Gasteiger partial charge >= 0.3 is 11.4 Å². The number of rotatable bonds is 6. The van der Waals surface area contributed by atoms with Crippen molar-refractivity contribution in [1.29, 1.82) is 0 Å². The summed E-state index contributed by atoms with van der Waals surface area (Å²) in [7, 11) is 0. The van der Waals surface area contributed by atoms with Gasteiger partial charge in [-0.25, -0.2) is 4.39 Å². The summed E-state index contributed by atoms with van der Waals surface area (Å²) in [6.07, 6.45) is 3.81. The summed E-state index contributed by atoms with van der Waals surface area (Å²) in [6, 6.07) is 6.58. The predicted octanol–water partition coefficient (Wildman–Crippen LogP) is 2.46. The molecular formula is C14H18FNO3S. The van der Waals surface area contributed by atoms with Crippen molar-refractivity contribution in [1.82, 2.24) is 4.90 Å². The molecule has 0 aliphatic carbocycles. The summed E-state index contributed by atoms with van der Waals surface area (Å²) in [5.41, 5.74) is 2.32. The molecule has 2 rings (SSSR count). The van der Waals surface area contributed by atoms with E-state index < -0.39 is 11.4 Å². The van der Waals surface area contributed by atoms with E-state index in [1.807, 2.05) is 0 Å². The lowest BCUT2D eigenvalue weighted by Crippen LogP contribution is -2.30. The minimum atomic E-state index is -2.17. The first-order valence-electron chi connectivity index (χ1n) is 6.56. The van der Waals surface area contributed by atoms with Crippen LogP contribution in [0.5, 0.6) is 0 Å². The van der Waals surface area contributed by atoms with E-state index in [-0.39, 0.29) is 12.4 Å². The van der Waals surface area contributed by atoms with E-state index in [0.29, 0.717) is 0 Å². The van der Waals surface area contributed by atoms with Gasteiger partial charge in [0.05, 0.1) is 6.61 Å². The summed E-state index contributed by atoms with van der Waals surface area (Å²) >= 11 is -2.17. The standard InChI is InChI=1S/C14H18FNO3S/c15-14-4-2-12(3-5-14)13-6-9-16(10-7-13)8-1-11-19-20(17)18/h2-6H,1,7-11H2,(H,17,18). The maximum absolute atomic E-state index is 12.9. The molecule has 1 aromatic carbocycles. The molecule has 4 nitrogen and oxygen atoms in total. The molecule has 0 radical (unpaired) electrons. The molecular weight excluding hydrogens is 281 g/mol. The largest absolute Gasteiger partial charge is 0.301 e. The summed E-state index contributed by atoms with van der Waals surface area (Å²) in [5.74, 6) is -0.215. The van der Waals surface area contributed by atoms with Gasteiger partial charge in [-0.05, 0) is 36.1 Å². The smallest absolute Gasteiger partial charge is 0.299 e. The highest BCUT2D eigenvalue weighted by Gasteiger charge is 2.12. The Hall–Kier alpha value is -1.08. The molecule has 110 valence electrons. The average Bonchev–Trinajstić information content (AvgIpc) is 2.45. The van der Waals surface area contributed by atoms with Crippen LogP contribution in [0.4, 0.5) is 4.39 Å². The Morgan fingerprint density at radius 3 is 2.70 bits per heavy atom. The van der Waals surface area contributed by atoms with Crippen molar-refractivity contribution >= 4 is 16.9 Å². The molecule has 0 saturated heterocycles. The fourth-order valence-electron chi connectivity index (χ4n) is 2.26. The van der Waals surface area contributed by atoms with Crippen LogP contribution in [-0.4, -0.2) is 39.9 Å². The molecule has 1 heterocycles. The monoisotopic (exact) mass is 299 g/mol. The number of hydrogen-bond donors (Lipinski definition) is 1. The summed E-state index contributed by atoms with van der Waals surface area (Å²) in [6.45, 7) is 2.90. The molecule has 0 saturated carbocycles. The lowest BCUT2D eigenvalue weighted by Gasteiger charge is -2.26. The van der Waals surface area contributed by atoms with Gasteiger partial charge in [0, 0.05) is 19.6 Å². The first-order chi connectivity index (χ1) is 9.65. The van der Waals surface area contributed by atoms with E-state index in [2.05, 4.69) is 15.2 Å². The fraction of sp³-hybridized carbons (Fsp3) is 0.429. The van der Waals surface area contributed by atoms with Gasteiger partial charge in [0.2, 0.25) is 0 Å². The van der Waals surface area contributed by atoms with E-state index in [0.717, 1.165) is 38.0 Å². The highest BCUT2D eigenvalue weighted by Crippen LogP contribution is 2.22. The van der Waals surface area contributed by atoms with Crippen LogP contribution in [0.2, 0.25) is 0 Å². The third-order valence-corrected chi connectivity index (χ3v) is 3.68. The first kappa shape index (κ1) is 15.3. The van der Waals surface area contributed by atoms with E-state index in [1.165, 1.54) is 17.7 Å². The Morgan fingerprint density at radius 2 is 2.10 bits per heavy atom. The lowest BCUT2D eigenvalue weighted by atomic mass is 9.99. The topological polar surface area (TPSA) is 49.8 Å². The lowest BCUT2D eigenvalue weighted by molar-refractivity contribution is 0.248. The summed E-state index contributed by atoms with van der Waals surface area (Å²) in [5, 5.41) is 0. The number of benzene rings is 1. The molecule has 0 spiro atoms. The molecule has 0 fully saturated rings. The van der Waals surface area contributed by atoms with Crippen LogP contribution >= 0.6 is 0 Å². The van der Waals surface area contributed by atoms with Gasteiger partial charge in [0.1, 0.15) is 5.82 Å². The summed E-state index contributed by atoms with van der Waals surface area (Å²) < 4.78 is 36.2. The zero-order valence-corrected chi connectivity index (χ0v) is 11.9. The maximum atomic E-state index is 12.9. The van der Waals surface area contributed by atoms with Gasteiger partial charge in [-0.1, -0.05) is 18.2 Å². The molecule has 1 aliphatic heterocycles. The molecule has 0 aromatic heterocycles. The van der Waals surface area contributed by atoms with Crippen LogP contribution in [0.25, 0.3) is 5.57 Å². The van der Waals surface area contributed by atoms with Gasteiger partial charge in [-0.15, -0.1) is 0 Å². The van der Waals surface area contributed by atoms with Crippen LogP contribution in [0.15, 0.2) is 30.3 Å². The second-order valence-corrected chi connectivity index (χ2v) is 5.35. The molecule has 1 aliphatic rings. The van der Waals surface area contributed by atoms with Crippen LogP contribution < -0.4 is 0 Å². The van der Waals surface area contributed by atoms with E-state index in [9.17, 15) is 8.60 Å². The van der Waals surface area contributed by atoms with Crippen LogP contribution in [0, 0.1) is 5.82 Å². The van der Waals surface area contributed by atoms with Crippen molar-refractivity contribution in [2.75, 3.05) is 26.2 Å². The molecule has 1 aromatic rings. The molecule has 20 heavy (non-hydrogen) atoms. The summed E-state index contributed by atoms with van der Waals surface area (Å²) in [4.78, 5) is 2.26.